The highest BCUT2D eigenvalue weighted by molar-refractivity contribution is 5.89. The number of carbonyl (C=O) groups excluding carboxylic acids is 2. The van der Waals surface area contributed by atoms with Gasteiger partial charge < -0.3 is 15.0 Å². The number of nitrogens with one attached hydrogen (secondary N) is 1. The van der Waals surface area contributed by atoms with Crippen LogP contribution in [0, 0.1) is 6.92 Å². The van der Waals surface area contributed by atoms with Crippen molar-refractivity contribution in [2.24, 2.45) is 0 Å². The van der Waals surface area contributed by atoms with Crippen LogP contribution in [0.2, 0.25) is 0 Å². The van der Waals surface area contributed by atoms with Gasteiger partial charge in [0.15, 0.2) is 0 Å². The molecule has 6 nitrogen and oxygen atoms in total. The van der Waals surface area contributed by atoms with E-state index >= 15 is 0 Å². The second-order valence-corrected chi connectivity index (χ2v) is 7.57. The second-order valence-electron chi connectivity index (χ2n) is 7.57. The summed E-state index contributed by atoms with van der Waals surface area (Å²) >= 11 is 0. The first kappa shape index (κ1) is 20.9. The smallest absolute Gasteiger partial charge is 0.337 e. The zero-order chi connectivity index (χ0) is 20.8. The van der Waals surface area contributed by atoms with Gasteiger partial charge in [-0.15, -0.1) is 0 Å². The molecule has 0 aliphatic carbocycles. The lowest BCUT2D eigenvalue weighted by atomic mass is 10.1. The molecule has 1 N–H and O–H groups in total. The van der Waals surface area contributed by atoms with Crippen LogP contribution in [0.25, 0.3) is 0 Å². The zero-order valence-corrected chi connectivity index (χ0v) is 17.4. The first-order chi connectivity index (χ1) is 14.0. The lowest BCUT2D eigenvalue weighted by molar-refractivity contribution is -0.123. The third-order valence-corrected chi connectivity index (χ3v) is 5.38. The zero-order valence-electron chi connectivity index (χ0n) is 17.4. The van der Waals surface area contributed by atoms with Crippen molar-refractivity contribution in [1.29, 1.82) is 0 Å². The number of hydrogen-bond donors (Lipinski definition) is 1. The van der Waals surface area contributed by atoms with Crippen molar-refractivity contribution in [3.8, 4) is 0 Å². The standard InChI is InChI=1S/C23H29N3O3/c1-17-4-6-19(7-5-17)14-24-22(27)16-25-12-13-26(15-18(25)2)21-10-8-20(9-11-21)23(28)29-3/h4-11,18H,12-16H2,1-3H3,(H,24,27). The largest absolute Gasteiger partial charge is 0.465 e. The van der Waals surface area contributed by atoms with Crippen LogP contribution in [0.15, 0.2) is 48.5 Å². The van der Waals surface area contributed by atoms with Crippen molar-refractivity contribution >= 4 is 17.6 Å². The van der Waals surface area contributed by atoms with Crippen LogP contribution in [-0.2, 0) is 16.1 Å². The summed E-state index contributed by atoms with van der Waals surface area (Å²) in [6.45, 7) is 7.65. The molecule has 0 spiro atoms. The normalized spacial score (nSPS) is 17.1. The van der Waals surface area contributed by atoms with Crippen molar-refractivity contribution in [1.82, 2.24) is 10.2 Å². The van der Waals surface area contributed by atoms with E-state index in [9.17, 15) is 9.59 Å². The van der Waals surface area contributed by atoms with E-state index in [0.717, 1.165) is 30.9 Å². The molecule has 1 unspecified atom stereocenters. The molecule has 0 bridgehead atoms. The fourth-order valence-electron chi connectivity index (χ4n) is 3.54. The molecule has 1 amide bonds. The number of piperazine rings is 1. The minimum atomic E-state index is -0.327. The molecule has 1 fully saturated rings. The molecule has 1 aliphatic rings. The summed E-state index contributed by atoms with van der Waals surface area (Å²) < 4.78 is 4.75. The first-order valence-electron chi connectivity index (χ1n) is 9.96. The Hall–Kier alpha value is -2.86. The number of ether oxygens (including phenoxy) is 1. The van der Waals surface area contributed by atoms with E-state index < -0.39 is 0 Å². The minimum Gasteiger partial charge on any atom is -0.465 e. The van der Waals surface area contributed by atoms with Crippen LogP contribution >= 0.6 is 0 Å². The van der Waals surface area contributed by atoms with E-state index in [4.69, 9.17) is 4.74 Å². The third-order valence-electron chi connectivity index (χ3n) is 5.38. The molecular weight excluding hydrogens is 366 g/mol. The molecule has 6 heteroatoms. The maximum atomic E-state index is 12.4. The maximum Gasteiger partial charge on any atom is 0.337 e. The highest BCUT2D eigenvalue weighted by Gasteiger charge is 2.25. The molecule has 3 rings (SSSR count). The van der Waals surface area contributed by atoms with Gasteiger partial charge in [-0.1, -0.05) is 29.8 Å². The summed E-state index contributed by atoms with van der Waals surface area (Å²) in [6.07, 6.45) is 0. The van der Waals surface area contributed by atoms with Gasteiger partial charge in [-0.25, -0.2) is 4.79 Å². The van der Waals surface area contributed by atoms with Crippen molar-refractivity contribution < 1.29 is 14.3 Å². The fraction of sp³-hybridized carbons (Fsp3) is 0.391. The van der Waals surface area contributed by atoms with Gasteiger partial charge in [-0.3, -0.25) is 9.69 Å². The molecule has 2 aromatic carbocycles. The third kappa shape index (κ3) is 5.57. The van der Waals surface area contributed by atoms with Gasteiger partial charge in [0.2, 0.25) is 5.91 Å². The lowest BCUT2D eigenvalue weighted by Gasteiger charge is -2.40. The topological polar surface area (TPSA) is 61.9 Å². The Morgan fingerprint density at radius 2 is 1.76 bits per heavy atom. The van der Waals surface area contributed by atoms with Crippen LogP contribution in [0.3, 0.4) is 0 Å². The Bertz CT molecular complexity index is 833. The predicted octanol–water partition coefficient (Wildman–Crippen LogP) is 2.61. The summed E-state index contributed by atoms with van der Waals surface area (Å²) in [4.78, 5) is 28.4. The Morgan fingerprint density at radius 3 is 2.38 bits per heavy atom. The molecule has 0 aromatic heterocycles. The Morgan fingerprint density at radius 1 is 1.07 bits per heavy atom. The second kappa shape index (κ2) is 9.56. The molecule has 154 valence electrons. The fourth-order valence-corrected chi connectivity index (χ4v) is 3.54. The van der Waals surface area contributed by atoms with Crippen LogP contribution in [0.5, 0.6) is 0 Å². The SMILES string of the molecule is COC(=O)c1ccc(N2CCN(CC(=O)NCc3ccc(C)cc3)C(C)C2)cc1. The van der Waals surface area contributed by atoms with E-state index in [0.29, 0.717) is 18.7 Å². The summed E-state index contributed by atoms with van der Waals surface area (Å²) in [5.74, 6) is -0.278. The van der Waals surface area contributed by atoms with Gasteiger partial charge in [0.25, 0.3) is 0 Å². The number of rotatable bonds is 6. The Labute approximate surface area is 172 Å². The van der Waals surface area contributed by atoms with Crippen LogP contribution in [-0.4, -0.2) is 56.1 Å². The summed E-state index contributed by atoms with van der Waals surface area (Å²) in [5, 5.41) is 3.01. The molecular formula is C23H29N3O3. The molecule has 1 aliphatic heterocycles. The Kier molecular flexibility index (Phi) is 6.88. The summed E-state index contributed by atoms with van der Waals surface area (Å²) in [7, 11) is 1.38. The van der Waals surface area contributed by atoms with Gasteiger partial charge in [-0.05, 0) is 43.7 Å². The Balaban J connectivity index is 1.48. The highest BCUT2D eigenvalue weighted by Crippen LogP contribution is 2.20. The van der Waals surface area contributed by atoms with Gasteiger partial charge in [-0.2, -0.15) is 0 Å². The first-order valence-corrected chi connectivity index (χ1v) is 9.96. The van der Waals surface area contributed by atoms with E-state index in [1.807, 2.05) is 24.3 Å². The number of anilines is 1. The van der Waals surface area contributed by atoms with Crippen molar-refractivity contribution in [3.05, 3.63) is 65.2 Å². The van der Waals surface area contributed by atoms with E-state index in [2.05, 4.69) is 41.1 Å². The molecule has 0 saturated carbocycles. The molecule has 2 aromatic rings. The van der Waals surface area contributed by atoms with Crippen LogP contribution in [0.4, 0.5) is 5.69 Å². The highest BCUT2D eigenvalue weighted by atomic mass is 16.5. The minimum absolute atomic E-state index is 0.0494. The number of nitrogens with zero attached hydrogens (tertiary/aromatic N) is 2. The van der Waals surface area contributed by atoms with Gasteiger partial charge in [0.05, 0.1) is 19.2 Å². The van der Waals surface area contributed by atoms with Gasteiger partial charge in [0.1, 0.15) is 0 Å². The number of hydrogen-bond acceptors (Lipinski definition) is 5. The van der Waals surface area contributed by atoms with E-state index in [-0.39, 0.29) is 17.9 Å². The van der Waals surface area contributed by atoms with Crippen LogP contribution < -0.4 is 10.2 Å². The molecule has 29 heavy (non-hydrogen) atoms. The average molecular weight is 396 g/mol. The monoisotopic (exact) mass is 395 g/mol. The van der Waals surface area contributed by atoms with Crippen molar-refractivity contribution in [2.75, 3.05) is 38.2 Å². The van der Waals surface area contributed by atoms with Crippen molar-refractivity contribution in [3.63, 3.8) is 0 Å². The molecule has 0 radical (unpaired) electrons. The summed E-state index contributed by atoms with van der Waals surface area (Å²) in [5.41, 5.74) is 3.95. The summed E-state index contributed by atoms with van der Waals surface area (Å²) in [6, 6.07) is 15.9. The number of esters is 1. The van der Waals surface area contributed by atoms with E-state index in [1.165, 1.54) is 12.7 Å². The predicted molar refractivity (Wildman–Crippen MR) is 114 cm³/mol. The number of benzene rings is 2. The number of methoxy groups -OCH3 is 1. The molecule has 1 heterocycles. The molecule has 1 atom stereocenters. The van der Waals surface area contributed by atoms with Crippen LogP contribution in [0.1, 0.15) is 28.4 Å². The van der Waals surface area contributed by atoms with Crippen molar-refractivity contribution in [2.45, 2.75) is 26.4 Å². The number of aryl methyl sites for hydroxylation is 1. The lowest BCUT2D eigenvalue weighted by Crippen LogP contribution is -2.54. The van der Waals surface area contributed by atoms with Gasteiger partial charge >= 0.3 is 5.97 Å². The molecule has 1 saturated heterocycles. The number of amides is 1. The quantitative estimate of drug-likeness (QED) is 0.762. The average Bonchev–Trinajstić information content (AvgIpc) is 2.74. The van der Waals surface area contributed by atoms with E-state index in [1.54, 1.807) is 12.1 Å². The maximum absolute atomic E-state index is 12.4. The van der Waals surface area contributed by atoms with Gasteiger partial charge in [0, 0.05) is 37.9 Å². The number of carbonyl (C=O) groups is 2.